The summed E-state index contributed by atoms with van der Waals surface area (Å²) in [5.74, 6) is 0.293. The lowest BCUT2D eigenvalue weighted by Gasteiger charge is -2.36. The second kappa shape index (κ2) is 6.43. The first-order valence-electron chi connectivity index (χ1n) is 6.80. The van der Waals surface area contributed by atoms with E-state index in [1.54, 1.807) is 4.31 Å². The van der Waals surface area contributed by atoms with Gasteiger partial charge in [0.2, 0.25) is 10.0 Å². The highest BCUT2D eigenvalue weighted by atomic mass is 35.5. The number of rotatable bonds is 4. The minimum Gasteiger partial charge on any atom is -0.310 e. The van der Waals surface area contributed by atoms with E-state index in [2.05, 4.69) is 12.2 Å². The lowest BCUT2D eigenvalue weighted by Crippen LogP contribution is -2.49. The molecular weight excluding hydrogens is 296 g/mol. The largest absolute Gasteiger partial charge is 0.310 e. The number of nitrogens with zero attached hydrogens (tertiary/aromatic N) is 1. The standard InChI is InChI=1S/C14H21ClN2O2S/c1-11-10-17(20(2,18)19)8-7-14(11)16-9-12-5-3-4-6-13(12)15/h3-6,11,14,16H,7-10H2,1-2H3/t11-,14-/m1/s1. The Labute approximate surface area is 126 Å². The van der Waals surface area contributed by atoms with Crippen LogP contribution < -0.4 is 5.32 Å². The molecule has 0 aromatic heterocycles. The molecule has 0 amide bonds. The van der Waals surface area contributed by atoms with Crippen LogP contribution in [-0.4, -0.2) is 38.1 Å². The monoisotopic (exact) mass is 316 g/mol. The average molecular weight is 317 g/mol. The summed E-state index contributed by atoms with van der Waals surface area (Å²) in [5.41, 5.74) is 1.08. The molecule has 112 valence electrons. The summed E-state index contributed by atoms with van der Waals surface area (Å²) in [6.07, 6.45) is 2.11. The lowest BCUT2D eigenvalue weighted by atomic mass is 9.95. The predicted octanol–water partition coefficient (Wildman–Crippen LogP) is 2.10. The van der Waals surface area contributed by atoms with Crippen molar-refractivity contribution in [3.8, 4) is 0 Å². The molecule has 0 aliphatic carbocycles. The van der Waals surface area contributed by atoms with Crippen LogP contribution in [0, 0.1) is 5.92 Å². The van der Waals surface area contributed by atoms with Gasteiger partial charge in [0, 0.05) is 30.7 Å². The van der Waals surface area contributed by atoms with Crippen LogP contribution in [0.3, 0.4) is 0 Å². The second-order valence-corrected chi connectivity index (χ2v) is 7.86. The van der Waals surface area contributed by atoms with Crippen LogP contribution in [0.15, 0.2) is 24.3 Å². The van der Waals surface area contributed by atoms with Gasteiger partial charge in [-0.05, 0) is 24.0 Å². The van der Waals surface area contributed by atoms with Crippen molar-refractivity contribution < 1.29 is 8.42 Å². The van der Waals surface area contributed by atoms with Crippen LogP contribution >= 0.6 is 11.6 Å². The maximum absolute atomic E-state index is 11.6. The molecule has 1 aliphatic rings. The summed E-state index contributed by atoms with van der Waals surface area (Å²) in [4.78, 5) is 0. The maximum Gasteiger partial charge on any atom is 0.211 e. The van der Waals surface area contributed by atoms with E-state index < -0.39 is 10.0 Å². The molecule has 1 aromatic carbocycles. The van der Waals surface area contributed by atoms with Crippen LogP contribution in [0.4, 0.5) is 0 Å². The number of hydrogen-bond acceptors (Lipinski definition) is 3. The first-order chi connectivity index (χ1) is 9.38. The second-order valence-electron chi connectivity index (χ2n) is 5.47. The van der Waals surface area contributed by atoms with Crippen LogP contribution in [0.2, 0.25) is 5.02 Å². The Morgan fingerprint density at radius 2 is 2.10 bits per heavy atom. The van der Waals surface area contributed by atoms with Crippen molar-refractivity contribution >= 4 is 21.6 Å². The van der Waals surface area contributed by atoms with Crippen LogP contribution in [-0.2, 0) is 16.6 Å². The van der Waals surface area contributed by atoms with Gasteiger partial charge in [-0.1, -0.05) is 36.7 Å². The number of sulfonamides is 1. The number of halogens is 1. The third kappa shape index (κ3) is 3.95. The van der Waals surface area contributed by atoms with Crippen molar-refractivity contribution in [1.82, 2.24) is 9.62 Å². The molecule has 20 heavy (non-hydrogen) atoms. The van der Waals surface area contributed by atoms with Gasteiger partial charge in [-0.15, -0.1) is 0 Å². The van der Waals surface area contributed by atoms with Crippen molar-refractivity contribution in [3.05, 3.63) is 34.9 Å². The third-order valence-corrected chi connectivity index (χ3v) is 5.49. The van der Waals surface area contributed by atoms with Gasteiger partial charge in [0.25, 0.3) is 0 Å². The molecule has 0 unspecified atom stereocenters. The van der Waals surface area contributed by atoms with E-state index in [-0.39, 0.29) is 0 Å². The molecule has 1 saturated heterocycles. The van der Waals surface area contributed by atoms with Gasteiger partial charge in [-0.2, -0.15) is 0 Å². The van der Waals surface area contributed by atoms with Crippen molar-refractivity contribution in [2.75, 3.05) is 19.3 Å². The SMILES string of the molecule is C[C@@H]1CN(S(C)(=O)=O)CC[C@H]1NCc1ccccc1Cl. The molecule has 2 atom stereocenters. The van der Waals surface area contributed by atoms with Gasteiger partial charge in [0.15, 0.2) is 0 Å². The smallest absolute Gasteiger partial charge is 0.211 e. The van der Waals surface area contributed by atoms with Gasteiger partial charge >= 0.3 is 0 Å². The van der Waals surface area contributed by atoms with Crippen molar-refractivity contribution in [1.29, 1.82) is 0 Å². The molecule has 1 N–H and O–H groups in total. The van der Waals surface area contributed by atoms with Crippen LogP contribution in [0.5, 0.6) is 0 Å². The van der Waals surface area contributed by atoms with E-state index >= 15 is 0 Å². The highest BCUT2D eigenvalue weighted by Gasteiger charge is 2.30. The Hall–Kier alpha value is -0.620. The summed E-state index contributed by atoms with van der Waals surface area (Å²) >= 11 is 6.13. The summed E-state index contributed by atoms with van der Waals surface area (Å²) in [6, 6.07) is 8.10. The highest BCUT2D eigenvalue weighted by Crippen LogP contribution is 2.20. The fourth-order valence-electron chi connectivity index (χ4n) is 2.59. The molecule has 1 heterocycles. The molecule has 4 nitrogen and oxygen atoms in total. The first-order valence-corrected chi connectivity index (χ1v) is 9.02. The lowest BCUT2D eigenvalue weighted by molar-refractivity contribution is 0.220. The zero-order chi connectivity index (χ0) is 14.8. The van der Waals surface area contributed by atoms with Crippen molar-refractivity contribution in [2.45, 2.75) is 25.9 Å². The van der Waals surface area contributed by atoms with Gasteiger partial charge < -0.3 is 5.32 Å². The van der Waals surface area contributed by atoms with Gasteiger partial charge in [-0.25, -0.2) is 12.7 Å². The Morgan fingerprint density at radius 1 is 1.40 bits per heavy atom. The molecule has 2 rings (SSSR count). The highest BCUT2D eigenvalue weighted by molar-refractivity contribution is 7.88. The molecule has 6 heteroatoms. The Kier molecular flexibility index (Phi) is 5.07. The Balaban J connectivity index is 1.91. The normalized spacial score (nSPS) is 24.8. The van der Waals surface area contributed by atoms with E-state index in [4.69, 9.17) is 11.6 Å². The minimum atomic E-state index is -3.07. The Bertz CT molecular complexity index is 562. The van der Waals surface area contributed by atoms with Crippen molar-refractivity contribution in [3.63, 3.8) is 0 Å². The summed E-state index contributed by atoms with van der Waals surface area (Å²) < 4.78 is 24.7. The van der Waals surface area contributed by atoms with E-state index in [0.717, 1.165) is 17.0 Å². The number of piperidine rings is 1. The van der Waals surface area contributed by atoms with Crippen LogP contribution in [0.1, 0.15) is 18.9 Å². The molecule has 0 bridgehead atoms. The third-order valence-electron chi connectivity index (χ3n) is 3.85. The van der Waals surface area contributed by atoms with Crippen molar-refractivity contribution in [2.24, 2.45) is 5.92 Å². The Morgan fingerprint density at radius 3 is 2.70 bits per heavy atom. The summed E-state index contributed by atoms with van der Waals surface area (Å²) in [6.45, 7) is 3.97. The topological polar surface area (TPSA) is 49.4 Å². The van der Waals surface area contributed by atoms with E-state index in [1.165, 1.54) is 6.26 Å². The molecular formula is C14H21ClN2O2S. The zero-order valence-corrected chi connectivity index (χ0v) is 13.4. The van der Waals surface area contributed by atoms with E-state index in [9.17, 15) is 8.42 Å². The molecule has 0 radical (unpaired) electrons. The predicted molar refractivity (Wildman–Crippen MR) is 82.3 cm³/mol. The number of hydrogen-bond donors (Lipinski definition) is 1. The number of nitrogens with one attached hydrogen (secondary N) is 1. The van der Waals surface area contributed by atoms with Crippen LogP contribution in [0.25, 0.3) is 0 Å². The first kappa shape index (κ1) is 15.8. The van der Waals surface area contributed by atoms with E-state index in [0.29, 0.717) is 31.6 Å². The average Bonchev–Trinajstić information content (AvgIpc) is 2.38. The summed E-state index contributed by atoms with van der Waals surface area (Å²) in [5, 5.41) is 4.26. The summed E-state index contributed by atoms with van der Waals surface area (Å²) in [7, 11) is -3.07. The molecule has 0 spiro atoms. The number of benzene rings is 1. The molecule has 1 aromatic rings. The fourth-order valence-corrected chi connectivity index (χ4v) is 3.74. The molecule has 0 saturated carbocycles. The van der Waals surface area contributed by atoms with E-state index in [1.807, 2.05) is 24.3 Å². The molecule has 1 aliphatic heterocycles. The molecule has 1 fully saturated rings. The maximum atomic E-state index is 11.6. The van der Waals surface area contributed by atoms with Gasteiger partial charge in [0.05, 0.1) is 6.26 Å². The van der Waals surface area contributed by atoms with Gasteiger partial charge in [0.1, 0.15) is 0 Å². The fraction of sp³-hybridized carbons (Fsp3) is 0.571. The zero-order valence-electron chi connectivity index (χ0n) is 11.8. The minimum absolute atomic E-state index is 0.293. The quantitative estimate of drug-likeness (QED) is 0.925. The van der Waals surface area contributed by atoms with Gasteiger partial charge in [-0.3, -0.25) is 0 Å².